The van der Waals surface area contributed by atoms with Crippen LogP contribution in [0.1, 0.15) is 13.8 Å². The first kappa shape index (κ1) is 15.6. The van der Waals surface area contributed by atoms with E-state index >= 15 is 0 Å². The summed E-state index contributed by atoms with van der Waals surface area (Å²) in [6, 6.07) is 6.69. The van der Waals surface area contributed by atoms with E-state index < -0.39 is 10.0 Å². The number of rotatable bonds is 5. The Hall–Kier alpha value is -0.430. The molecule has 1 aromatic carbocycles. The summed E-state index contributed by atoms with van der Waals surface area (Å²) in [4.78, 5) is 0.284. The first-order valence-corrected chi connectivity index (χ1v) is 7.84. The van der Waals surface area contributed by atoms with Crippen LogP contribution in [0.15, 0.2) is 33.6 Å². The van der Waals surface area contributed by atoms with Crippen molar-refractivity contribution in [3.05, 3.63) is 28.7 Å². The molecule has 0 saturated carbocycles. The zero-order valence-corrected chi connectivity index (χ0v) is 13.3. The van der Waals surface area contributed by atoms with Crippen LogP contribution >= 0.6 is 15.9 Å². The molecular formula is C12H19BrN2O2S. The average molecular weight is 335 g/mol. The van der Waals surface area contributed by atoms with Gasteiger partial charge >= 0.3 is 0 Å². The van der Waals surface area contributed by atoms with Gasteiger partial charge in [-0.05, 0) is 30.2 Å². The van der Waals surface area contributed by atoms with Crippen LogP contribution in [0.3, 0.4) is 0 Å². The van der Waals surface area contributed by atoms with E-state index in [1.54, 1.807) is 31.3 Å². The summed E-state index contributed by atoms with van der Waals surface area (Å²) in [5.74, 6) is 0. The summed E-state index contributed by atoms with van der Waals surface area (Å²) in [7, 11) is -1.88. The first-order valence-electron chi connectivity index (χ1n) is 5.61. The van der Waals surface area contributed by atoms with E-state index in [4.69, 9.17) is 5.73 Å². The summed E-state index contributed by atoms with van der Waals surface area (Å²) in [6.07, 6.45) is 0. The van der Waals surface area contributed by atoms with Gasteiger partial charge in [0.15, 0.2) is 0 Å². The Morgan fingerprint density at radius 3 is 2.50 bits per heavy atom. The smallest absolute Gasteiger partial charge is 0.242 e. The lowest BCUT2D eigenvalue weighted by atomic mass is 9.94. The SMILES string of the molecule is CN(CC(C)(C)CN)S(=O)(=O)c1cccc(Br)c1. The van der Waals surface area contributed by atoms with Crippen LogP contribution in [0.5, 0.6) is 0 Å². The maximum absolute atomic E-state index is 12.3. The molecule has 102 valence electrons. The van der Waals surface area contributed by atoms with E-state index in [9.17, 15) is 8.42 Å². The topological polar surface area (TPSA) is 63.4 Å². The van der Waals surface area contributed by atoms with Crippen LogP contribution in [-0.2, 0) is 10.0 Å². The summed E-state index contributed by atoms with van der Waals surface area (Å²) < 4.78 is 26.8. The van der Waals surface area contributed by atoms with Crippen molar-refractivity contribution in [3.63, 3.8) is 0 Å². The predicted octanol–water partition coefficient (Wildman–Crippen LogP) is 2.05. The average Bonchev–Trinajstić information content (AvgIpc) is 2.28. The van der Waals surface area contributed by atoms with Crippen LogP contribution in [0.4, 0.5) is 0 Å². The quantitative estimate of drug-likeness (QED) is 0.896. The van der Waals surface area contributed by atoms with Crippen LogP contribution in [0.25, 0.3) is 0 Å². The molecule has 18 heavy (non-hydrogen) atoms. The fourth-order valence-electron chi connectivity index (χ4n) is 1.56. The maximum atomic E-state index is 12.3. The van der Waals surface area contributed by atoms with Crippen LogP contribution < -0.4 is 5.73 Å². The van der Waals surface area contributed by atoms with E-state index in [0.717, 1.165) is 4.47 Å². The molecule has 0 spiro atoms. The highest BCUT2D eigenvalue weighted by Gasteiger charge is 2.27. The third-order valence-electron chi connectivity index (χ3n) is 2.71. The lowest BCUT2D eigenvalue weighted by Crippen LogP contribution is -2.39. The zero-order valence-electron chi connectivity index (χ0n) is 10.9. The number of hydrogen-bond donors (Lipinski definition) is 1. The minimum Gasteiger partial charge on any atom is -0.330 e. The Kier molecular flexibility index (Phi) is 4.94. The van der Waals surface area contributed by atoms with Gasteiger partial charge in [0.1, 0.15) is 0 Å². The van der Waals surface area contributed by atoms with Crippen molar-refractivity contribution in [2.75, 3.05) is 20.1 Å². The zero-order chi connectivity index (χ0) is 14.0. The second-order valence-corrected chi connectivity index (χ2v) is 8.05. The molecule has 0 aliphatic rings. The molecule has 0 bridgehead atoms. The van der Waals surface area contributed by atoms with Gasteiger partial charge in [0.2, 0.25) is 10.0 Å². The fraction of sp³-hybridized carbons (Fsp3) is 0.500. The molecule has 0 aliphatic carbocycles. The Morgan fingerprint density at radius 1 is 1.39 bits per heavy atom. The van der Waals surface area contributed by atoms with Crippen molar-refractivity contribution in [3.8, 4) is 0 Å². The van der Waals surface area contributed by atoms with Gasteiger partial charge in [-0.1, -0.05) is 35.8 Å². The van der Waals surface area contributed by atoms with E-state index in [1.165, 1.54) is 4.31 Å². The molecule has 0 aliphatic heterocycles. The molecule has 0 fully saturated rings. The summed E-state index contributed by atoms with van der Waals surface area (Å²) in [6.45, 7) is 4.71. The van der Waals surface area contributed by atoms with Gasteiger partial charge in [0.25, 0.3) is 0 Å². The van der Waals surface area contributed by atoms with Crippen molar-refractivity contribution < 1.29 is 8.42 Å². The summed E-state index contributed by atoms with van der Waals surface area (Å²) in [5, 5.41) is 0. The standard InChI is InChI=1S/C12H19BrN2O2S/c1-12(2,8-14)9-15(3)18(16,17)11-6-4-5-10(13)7-11/h4-7H,8-9,14H2,1-3H3. The first-order chi connectivity index (χ1) is 8.19. The highest BCUT2D eigenvalue weighted by Crippen LogP contribution is 2.22. The van der Waals surface area contributed by atoms with Crippen LogP contribution in [0, 0.1) is 5.41 Å². The molecule has 1 aromatic rings. The fourth-order valence-corrected chi connectivity index (χ4v) is 3.52. The highest BCUT2D eigenvalue weighted by molar-refractivity contribution is 9.10. The molecule has 0 saturated heterocycles. The number of nitrogens with two attached hydrogens (primary N) is 1. The van der Waals surface area contributed by atoms with Crippen molar-refractivity contribution in [2.24, 2.45) is 11.1 Å². The van der Waals surface area contributed by atoms with Gasteiger partial charge in [0, 0.05) is 18.1 Å². The summed E-state index contributed by atoms with van der Waals surface area (Å²) in [5.41, 5.74) is 5.39. The molecule has 0 heterocycles. The number of hydrogen-bond acceptors (Lipinski definition) is 3. The van der Waals surface area contributed by atoms with Crippen molar-refractivity contribution in [2.45, 2.75) is 18.7 Å². The van der Waals surface area contributed by atoms with E-state index in [-0.39, 0.29) is 10.3 Å². The van der Waals surface area contributed by atoms with E-state index in [0.29, 0.717) is 13.1 Å². The van der Waals surface area contributed by atoms with Gasteiger partial charge in [-0.25, -0.2) is 12.7 Å². The van der Waals surface area contributed by atoms with Gasteiger partial charge in [-0.2, -0.15) is 0 Å². The number of halogens is 1. The monoisotopic (exact) mass is 334 g/mol. The lowest BCUT2D eigenvalue weighted by Gasteiger charge is -2.28. The second-order valence-electron chi connectivity index (χ2n) is 5.09. The van der Waals surface area contributed by atoms with Crippen LogP contribution in [-0.4, -0.2) is 32.9 Å². The molecule has 0 amide bonds. The second kappa shape index (κ2) is 5.69. The molecule has 0 atom stereocenters. The Balaban J connectivity index is 3.01. The summed E-state index contributed by atoms with van der Waals surface area (Å²) >= 11 is 3.28. The van der Waals surface area contributed by atoms with Gasteiger partial charge in [-0.3, -0.25) is 0 Å². The maximum Gasteiger partial charge on any atom is 0.242 e. The normalized spacial score (nSPS) is 13.0. The Morgan fingerprint density at radius 2 is 2.00 bits per heavy atom. The minimum atomic E-state index is -3.46. The minimum absolute atomic E-state index is 0.242. The molecule has 4 nitrogen and oxygen atoms in total. The van der Waals surface area contributed by atoms with E-state index in [1.807, 2.05) is 13.8 Å². The van der Waals surface area contributed by atoms with Gasteiger partial charge in [0.05, 0.1) is 4.90 Å². The molecule has 1 rings (SSSR count). The molecule has 0 radical (unpaired) electrons. The third kappa shape index (κ3) is 3.78. The molecular weight excluding hydrogens is 316 g/mol. The highest BCUT2D eigenvalue weighted by atomic mass is 79.9. The van der Waals surface area contributed by atoms with Crippen molar-refractivity contribution in [1.82, 2.24) is 4.31 Å². The number of benzene rings is 1. The molecule has 2 N–H and O–H groups in total. The van der Waals surface area contributed by atoms with Crippen molar-refractivity contribution >= 4 is 26.0 Å². The lowest BCUT2D eigenvalue weighted by molar-refractivity contribution is 0.292. The van der Waals surface area contributed by atoms with E-state index in [2.05, 4.69) is 15.9 Å². The number of nitrogens with zero attached hydrogens (tertiary/aromatic N) is 1. The van der Waals surface area contributed by atoms with Gasteiger partial charge < -0.3 is 5.73 Å². The van der Waals surface area contributed by atoms with Crippen LogP contribution in [0.2, 0.25) is 0 Å². The van der Waals surface area contributed by atoms with Gasteiger partial charge in [-0.15, -0.1) is 0 Å². The molecule has 0 aromatic heterocycles. The predicted molar refractivity (Wildman–Crippen MR) is 76.8 cm³/mol. The Bertz CT molecular complexity index is 515. The van der Waals surface area contributed by atoms with Crippen molar-refractivity contribution in [1.29, 1.82) is 0 Å². The molecule has 0 unspecified atom stereocenters. The Labute approximate surface area is 117 Å². The molecule has 6 heteroatoms. The largest absolute Gasteiger partial charge is 0.330 e. The third-order valence-corrected chi connectivity index (χ3v) is 5.00. The number of sulfonamides is 1.